The topological polar surface area (TPSA) is 28.2 Å². The summed E-state index contributed by atoms with van der Waals surface area (Å²) < 4.78 is 1.11. The van der Waals surface area contributed by atoms with Crippen molar-refractivity contribution < 1.29 is 0 Å². The third-order valence-corrected chi connectivity index (χ3v) is 3.92. The molecule has 1 aromatic carbocycles. The zero-order valence-electron chi connectivity index (χ0n) is 12.9. The molecule has 0 saturated carbocycles. The Kier molecular flexibility index (Phi) is 5.76. The molecule has 0 bridgehead atoms. The Balaban J connectivity index is 2.28. The number of aryl methyl sites for hydroxylation is 1. The van der Waals surface area contributed by atoms with Crippen LogP contribution in [-0.2, 0) is 13.1 Å². The molecule has 0 radical (unpaired) electrons. The molecule has 1 heterocycles. The summed E-state index contributed by atoms with van der Waals surface area (Å²) in [5.74, 6) is 0. The lowest BCUT2D eigenvalue weighted by Crippen LogP contribution is -2.24. The smallest absolute Gasteiger partial charge is 0.0602 e. The summed E-state index contributed by atoms with van der Waals surface area (Å²) in [5, 5.41) is 3.24. The molecule has 0 spiro atoms. The number of aromatic nitrogens is 1. The summed E-state index contributed by atoms with van der Waals surface area (Å²) in [4.78, 5) is 6.98. The van der Waals surface area contributed by atoms with E-state index in [1.807, 2.05) is 20.0 Å². The standard InChI is InChI=1S/C17H22BrN3/c1-4-21(12-16-7-5-6-13(2)20-16)17-9-8-15(18)10-14(17)11-19-3/h5-10,19H,4,11-12H2,1-3H3. The summed E-state index contributed by atoms with van der Waals surface area (Å²) in [7, 11) is 1.98. The van der Waals surface area contributed by atoms with Crippen LogP contribution in [0.25, 0.3) is 0 Å². The van der Waals surface area contributed by atoms with Crippen LogP contribution in [0.2, 0.25) is 0 Å². The van der Waals surface area contributed by atoms with E-state index in [1.165, 1.54) is 11.3 Å². The molecule has 0 unspecified atom stereocenters. The molecule has 0 saturated heterocycles. The second kappa shape index (κ2) is 7.57. The second-order valence-electron chi connectivity index (χ2n) is 5.09. The largest absolute Gasteiger partial charge is 0.366 e. The Morgan fingerprint density at radius 2 is 2.05 bits per heavy atom. The molecule has 0 fully saturated rings. The molecule has 1 N–H and O–H groups in total. The number of hydrogen-bond acceptors (Lipinski definition) is 3. The van der Waals surface area contributed by atoms with E-state index in [9.17, 15) is 0 Å². The highest BCUT2D eigenvalue weighted by Crippen LogP contribution is 2.25. The highest BCUT2D eigenvalue weighted by atomic mass is 79.9. The lowest BCUT2D eigenvalue weighted by molar-refractivity contribution is 0.773. The molecule has 0 aliphatic heterocycles. The molecule has 0 aliphatic rings. The van der Waals surface area contributed by atoms with Crippen LogP contribution in [-0.4, -0.2) is 18.6 Å². The summed E-state index contributed by atoms with van der Waals surface area (Å²) >= 11 is 3.56. The van der Waals surface area contributed by atoms with Gasteiger partial charge in [0, 0.05) is 28.9 Å². The molecule has 2 rings (SSSR count). The predicted octanol–water partition coefficient (Wildman–Crippen LogP) is 3.90. The molecule has 0 amide bonds. The van der Waals surface area contributed by atoms with Gasteiger partial charge in [0.15, 0.2) is 0 Å². The highest BCUT2D eigenvalue weighted by Gasteiger charge is 2.11. The minimum atomic E-state index is 0.830. The molecule has 1 aromatic heterocycles. The predicted molar refractivity (Wildman–Crippen MR) is 92.6 cm³/mol. The van der Waals surface area contributed by atoms with E-state index in [-0.39, 0.29) is 0 Å². The maximum absolute atomic E-state index is 4.61. The summed E-state index contributed by atoms with van der Waals surface area (Å²) in [6.07, 6.45) is 0. The van der Waals surface area contributed by atoms with Gasteiger partial charge in [-0.2, -0.15) is 0 Å². The molecule has 3 nitrogen and oxygen atoms in total. The Labute approximate surface area is 135 Å². The number of halogens is 1. The fourth-order valence-corrected chi connectivity index (χ4v) is 2.85. The number of hydrogen-bond donors (Lipinski definition) is 1. The summed E-state index contributed by atoms with van der Waals surface area (Å²) in [6, 6.07) is 12.6. The van der Waals surface area contributed by atoms with Gasteiger partial charge < -0.3 is 10.2 Å². The lowest BCUT2D eigenvalue weighted by atomic mass is 10.1. The Morgan fingerprint density at radius 1 is 1.24 bits per heavy atom. The van der Waals surface area contributed by atoms with Gasteiger partial charge in [-0.25, -0.2) is 0 Å². The Bertz CT molecular complexity index is 598. The zero-order chi connectivity index (χ0) is 15.2. The fraction of sp³-hybridized carbons (Fsp3) is 0.353. The van der Waals surface area contributed by atoms with Crippen LogP contribution < -0.4 is 10.2 Å². The molecule has 112 valence electrons. The van der Waals surface area contributed by atoms with Gasteiger partial charge in [0.2, 0.25) is 0 Å². The number of benzene rings is 1. The Hall–Kier alpha value is -1.39. The van der Waals surface area contributed by atoms with Crippen molar-refractivity contribution in [1.29, 1.82) is 0 Å². The van der Waals surface area contributed by atoms with Crippen molar-refractivity contribution in [2.45, 2.75) is 26.9 Å². The second-order valence-corrected chi connectivity index (χ2v) is 6.00. The molecule has 2 aromatic rings. The van der Waals surface area contributed by atoms with Gasteiger partial charge in [-0.05, 0) is 56.8 Å². The maximum atomic E-state index is 4.61. The van der Waals surface area contributed by atoms with Gasteiger partial charge in [0.1, 0.15) is 0 Å². The van der Waals surface area contributed by atoms with E-state index in [0.717, 1.165) is 35.5 Å². The van der Waals surface area contributed by atoms with Crippen LogP contribution in [0.3, 0.4) is 0 Å². The highest BCUT2D eigenvalue weighted by molar-refractivity contribution is 9.10. The lowest BCUT2D eigenvalue weighted by Gasteiger charge is -2.26. The minimum absolute atomic E-state index is 0.830. The van der Waals surface area contributed by atoms with E-state index in [4.69, 9.17) is 0 Å². The Morgan fingerprint density at radius 3 is 2.71 bits per heavy atom. The summed E-state index contributed by atoms with van der Waals surface area (Å²) in [5.41, 5.74) is 4.73. The van der Waals surface area contributed by atoms with Crippen LogP contribution in [0.4, 0.5) is 5.69 Å². The van der Waals surface area contributed by atoms with Gasteiger partial charge in [-0.1, -0.05) is 22.0 Å². The van der Waals surface area contributed by atoms with Crippen molar-refractivity contribution in [1.82, 2.24) is 10.3 Å². The van der Waals surface area contributed by atoms with Crippen LogP contribution in [0.15, 0.2) is 40.9 Å². The van der Waals surface area contributed by atoms with Gasteiger partial charge in [-0.3, -0.25) is 4.98 Å². The van der Waals surface area contributed by atoms with Crippen LogP contribution >= 0.6 is 15.9 Å². The number of pyridine rings is 1. The average Bonchev–Trinajstić information content (AvgIpc) is 2.46. The van der Waals surface area contributed by atoms with Gasteiger partial charge >= 0.3 is 0 Å². The third-order valence-electron chi connectivity index (χ3n) is 3.43. The quantitative estimate of drug-likeness (QED) is 0.858. The zero-order valence-corrected chi connectivity index (χ0v) is 14.4. The molecular weight excluding hydrogens is 326 g/mol. The number of nitrogens with one attached hydrogen (secondary N) is 1. The van der Waals surface area contributed by atoms with Gasteiger partial charge in [-0.15, -0.1) is 0 Å². The van der Waals surface area contributed by atoms with E-state index >= 15 is 0 Å². The first-order valence-electron chi connectivity index (χ1n) is 7.24. The van der Waals surface area contributed by atoms with E-state index < -0.39 is 0 Å². The first-order valence-corrected chi connectivity index (χ1v) is 8.04. The number of anilines is 1. The van der Waals surface area contributed by atoms with Gasteiger partial charge in [0.05, 0.1) is 12.2 Å². The van der Waals surface area contributed by atoms with Crippen LogP contribution in [0, 0.1) is 6.92 Å². The third kappa shape index (κ3) is 4.29. The van der Waals surface area contributed by atoms with E-state index in [0.29, 0.717) is 0 Å². The van der Waals surface area contributed by atoms with Crippen molar-refractivity contribution in [2.75, 3.05) is 18.5 Å². The van der Waals surface area contributed by atoms with Crippen LogP contribution in [0.1, 0.15) is 23.9 Å². The van der Waals surface area contributed by atoms with Crippen LogP contribution in [0.5, 0.6) is 0 Å². The van der Waals surface area contributed by atoms with Crippen molar-refractivity contribution in [2.24, 2.45) is 0 Å². The first kappa shape index (κ1) is 16.0. The average molecular weight is 348 g/mol. The first-order chi connectivity index (χ1) is 10.1. The molecule has 0 aliphatic carbocycles. The van der Waals surface area contributed by atoms with Gasteiger partial charge in [0.25, 0.3) is 0 Å². The molecule has 4 heteroatoms. The van der Waals surface area contributed by atoms with Crippen molar-refractivity contribution in [3.8, 4) is 0 Å². The maximum Gasteiger partial charge on any atom is 0.0602 e. The monoisotopic (exact) mass is 347 g/mol. The number of rotatable bonds is 6. The molecule has 0 atom stereocenters. The molecular formula is C17H22BrN3. The van der Waals surface area contributed by atoms with E-state index in [1.54, 1.807) is 0 Å². The number of nitrogens with zero attached hydrogens (tertiary/aromatic N) is 2. The van der Waals surface area contributed by atoms with E-state index in [2.05, 4.69) is 68.4 Å². The summed E-state index contributed by atoms with van der Waals surface area (Å²) in [6.45, 7) is 6.85. The van der Waals surface area contributed by atoms with Crippen molar-refractivity contribution >= 4 is 21.6 Å². The minimum Gasteiger partial charge on any atom is -0.366 e. The van der Waals surface area contributed by atoms with Crippen molar-refractivity contribution in [3.05, 3.63) is 57.8 Å². The van der Waals surface area contributed by atoms with Crippen molar-refractivity contribution in [3.63, 3.8) is 0 Å². The normalized spacial score (nSPS) is 10.7. The SMILES string of the molecule is CCN(Cc1cccc(C)n1)c1ccc(Br)cc1CNC. The fourth-order valence-electron chi connectivity index (χ4n) is 2.45. The molecule has 21 heavy (non-hydrogen) atoms.